The Morgan fingerprint density at radius 3 is 2.56 bits per heavy atom. The lowest BCUT2D eigenvalue weighted by Crippen LogP contribution is -2.50. The standard InChI is InChI=1S/C27H25ClN2O4/c1-15-13-21-22-23(27(33)29(26(22)32)14-16-7-6-12-34-16)24(25(31)18-9-2-4-10-19(18)28)30(21)20-11-5-3-8-17(15)20/h2-5,8-11,13,16,21-24H,6-7,12,14H2,1H3/t16-,21+,22+,23-,24+/m0/s1. The van der Waals surface area contributed by atoms with Crippen molar-refractivity contribution in [3.63, 3.8) is 0 Å². The van der Waals surface area contributed by atoms with Crippen LogP contribution >= 0.6 is 11.6 Å². The van der Waals surface area contributed by atoms with Crippen LogP contribution in [0.5, 0.6) is 0 Å². The molecular formula is C27H25ClN2O4. The molecule has 0 N–H and O–H groups in total. The van der Waals surface area contributed by atoms with Gasteiger partial charge in [0.05, 0.1) is 35.5 Å². The highest BCUT2D eigenvalue weighted by molar-refractivity contribution is 6.34. The number of fused-ring (bicyclic) bond motifs is 5. The fourth-order valence-electron chi connectivity index (χ4n) is 6.15. The Morgan fingerprint density at radius 1 is 1.06 bits per heavy atom. The highest BCUT2D eigenvalue weighted by Crippen LogP contribution is 2.50. The summed E-state index contributed by atoms with van der Waals surface area (Å²) in [6, 6.07) is 13.6. The summed E-state index contributed by atoms with van der Waals surface area (Å²) in [6.45, 7) is 2.92. The molecule has 2 aromatic rings. The number of carbonyl (C=O) groups excluding carboxylic acids is 3. The zero-order valence-corrected chi connectivity index (χ0v) is 19.6. The highest BCUT2D eigenvalue weighted by atomic mass is 35.5. The zero-order chi connectivity index (χ0) is 23.6. The van der Waals surface area contributed by atoms with Gasteiger partial charge in [-0.05, 0) is 43.5 Å². The summed E-state index contributed by atoms with van der Waals surface area (Å²) in [7, 11) is 0. The van der Waals surface area contributed by atoms with Gasteiger partial charge in [0.25, 0.3) is 0 Å². The van der Waals surface area contributed by atoms with Crippen molar-refractivity contribution < 1.29 is 19.1 Å². The van der Waals surface area contributed by atoms with Gasteiger partial charge in [0.1, 0.15) is 6.04 Å². The molecule has 3 saturated heterocycles. The van der Waals surface area contributed by atoms with E-state index in [9.17, 15) is 14.4 Å². The minimum atomic E-state index is -0.814. The molecule has 6 rings (SSSR count). The smallest absolute Gasteiger partial charge is 0.235 e. The lowest BCUT2D eigenvalue weighted by Gasteiger charge is -2.38. The number of Topliss-reactive ketones (excluding diaryl/α,β-unsaturated/α-hetero) is 1. The predicted octanol–water partition coefficient (Wildman–Crippen LogP) is 3.98. The Bertz CT molecular complexity index is 1230. The van der Waals surface area contributed by atoms with Crippen molar-refractivity contribution in [3.05, 3.63) is 70.8 Å². The van der Waals surface area contributed by atoms with Gasteiger partial charge >= 0.3 is 0 Å². The van der Waals surface area contributed by atoms with Gasteiger partial charge in [0.2, 0.25) is 11.8 Å². The summed E-state index contributed by atoms with van der Waals surface area (Å²) in [6.07, 6.45) is 3.66. The topological polar surface area (TPSA) is 66.9 Å². The first-order valence-corrected chi connectivity index (χ1v) is 12.2. The van der Waals surface area contributed by atoms with Crippen molar-refractivity contribution in [2.45, 2.75) is 38.0 Å². The lowest BCUT2D eigenvalue weighted by molar-refractivity contribution is -0.142. The fraction of sp³-hybridized carbons (Fsp3) is 0.370. The second-order valence-electron chi connectivity index (χ2n) is 9.53. The largest absolute Gasteiger partial charge is 0.376 e. The number of halogens is 1. The predicted molar refractivity (Wildman–Crippen MR) is 129 cm³/mol. The van der Waals surface area contributed by atoms with Crippen LogP contribution in [0.4, 0.5) is 5.69 Å². The second kappa shape index (κ2) is 8.07. The lowest BCUT2D eigenvalue weighted by atomic mass is 9.85. The first-order chi connectivity index (χ1) is 16.5. The van der Waals surface area contributed by atoms with Gasteiger partial charge in [-0.3, -0.25) is 19.3 Å². The normalized spacial score (nSPS) is 29.7. The van der Waals surface area contributed by atoms with Crippen molar-refractivity contribution in [3.8, 4) is 0 Å². The van der Waals surface area contributed by atoms with Crippen LogP contribution in [0.15, 0.2) is 54.6 Å². The average molecular weight is 477 g/mol. The van der Waals surface area contributed by atoms with Gasteiger partial charge in [-0.1, -0.05) is 48.0 Å². The zero-order valence-electron chi connectivity index (χ0n) is 18.8. The molecule has 0 aromatic heterocycles. The number of amides is 2. The summed E-state index contributed by atoms with van der Waals surface area (Å²) < 4.78 is 5.71. The first-order valence-electron chi connectivity index (χ1n) is 11.8. The van der Waals surface area contributed by atoms with Crippen LogP contribution in [0, 0.1) is 11.8 Å². The monoisotopic (exact) mass is 476 g/mol. The molecule has 2 amide bonds. The van der Waals surface area contributed by atoms with Gasteiger partial charge in [0.15, 0.2) is 5.78 Å². The number of hydrogen-bond acceptors (Lipinski definition) is 5. The maximum absolute atomic E-state index is 14.0. The minimum Gasteiger partial charge on any atom is -0.376 e. The number of nitrogens with zero attached hydrogens (tertiary/aromatic N) is 2. The molecule has 4 aliphatic rings. The van der Waals surface area contributed by atoms with Crippen LogP contribution in [0.1, 0.15) is 35.7 Å². The quantitative estimate of drug-likeness (QED) is 0.493. The van der Waals surface area contributed by atoms with Crippen molar-refractivity contribution in [2.75, 3.05) is 18.1 Å². The molecule has 2 aromatic carbocycles. The molecule has 7 heteroatoms. The SMILES string of the molecule is CC1=C[C@@H]2[C@H]3C(=O)N(C[C@@H]4CCCO4)C(=O)[C@@H]3[C@H](C(=O)c3ccccc3Cl)N2c2ccccc21. The van der Waals surface area contributed by atoms with Gasteiger partial charge in [-0.25, -0.2) is 0 Å². The molecule has 0 bridgehead atoms. The van der Waals surface area contributed by atoms with E-state index < -0.39 is 17.9 Å². The van der Waals surface area contributed by atoms with Crippen molar-refractivity contribution in [1.82, 2.24) is 4.90 Å². The van der Waals surface area contributed by atoms with Crippen LogP contribution in [-0.4, -0.2) is 53.8 Å². The molecule has 0 aliphatic carbocycles. The van der Waals surface area contributed by atoms with E-state index in [0.29, 0.717) is 17.2 Å². The van der Waals surface area contributed by atoms with Crippen molar-refractivity contribution in [1.29, 1.82) is 0 Å². The van der Waals surface area contributed by atoms with Crippen LogP contribution in [0.3, 0.4) is 0 Å². The van der Waals surface area contributed by atoms with Crippen LogP contribution in [0.25, 0.3) is 5.57 Å². The maximum Gasteiger partial charge on any atom is 0.235 e. The number of ketones is 1. The van der Waals surface area contributed by atoms with E-state index in [1.807, 2.05) is 42.2 Å². The fourth-order valence-corrected chi connectivity index (χ4v) is 6.38. The molecule has 0 saturated carbocycles. The molecule has 5 atom stereocenters. The van der Waals surface area contributed by atoms with E-state index in [4.69, 9.17) is 16.3 Å². The van der Waals surface area contributed by atoms with E-state index >= 15 is 0 Å². The number of ether oxygens (including phenoxy) is 1. The van der Waals surface area contributed by atoms with E-state index in [2.05, 4.69) is 0 Å². The van der Waals surface area contributed by atoms with Gasteiger partial charge < -0.3 is 9.64 Å². The Balaban J connectivity index is 1.47. The third-order valence-corrected chi connectivity index (χ3v) is 7.99. The summed E-state index contributed by atoms with van der Waals surface area (Å²) in [4.78, 5) is 44.8. The number of likely N-dealkylation sites (tertiary alicyclic amines) is 1. The molecule has 174 valence electrons. The molecule has 0 spiro atoms. The van der Waals surface area contributed by atoms with Crippen molar-refractivity contribution >= 4 is 40.5 Å². The molecule has 0 unspecified atom stereocenters. The number of rotatable bonds is 4. The second-order valence-corrected chi connectivity index (χ2v) is 9.93. The number of allylic oxidation sites excluding steroid dienone is 1. The van der Waals surface area contributed by atoms with Gasteiger partial charge in [0, 0.05) is 23.4 Å². The molecule has 4 aliphatic heterocycles. The summed E-state index contributed by atoms with van der Waals surface area (Å²) >= 11 is 6.42. The molecule has 0 radical (unpaired) electrons. The summed E-state index contributed by atoms with van der Waals surface area (Å²) in [5, 5.41) is 0.345. The molecule has 4 heterocycles. The third kappa shape index (κ3) is 3.08. The number of para-hydroxylation sites is 1. The first kappa shape index (κ1) is 21.6. The van der Waals surface area contributed by atoms with Crippen LogP contribution < -0.4 is 4.90 Å². The van der Waals surface area contributed by atoms with E-state index in [0.717, 1.165) is 29.7 Å². The summed E-state index contributed by atoms with van der Waals surface area (Å²) in [5.41, 5.74) is 3.29. The van der Waals surface area contributed by atoms with Gasteiger partial charge in [-0.2, -0.15) is 0 Å². The Labute approximate surface area is 203 Å². The number of anilines is 1. The number of benzene rings is 2. The number of carbonyl (C=O) groups is 3. The molecular weight excluding hydrogens is 452 g/mol. The van der Waals surface area contributed by atoms with Crippen LogP contribution in [-0.2, 0) is 14.3 Å². The highest BCUT2D eigenvalue weighted by Gasteiger charge is 2.64. The summed E-state index contributed by atoms with van der Waals surface area (Å²) in [5.74, 6) is -2.11. The molecule has 6 nitrogen and oxygen atoms in total. The third-order valence-electron chi connectivity index (χ3n) is 7.66. The average Bonchev–Trinajstić information content (AvgIpc) is 3.53. The Kier molecular flexibility index (Phi) is 5.12. The van der Waals surface area contributed by atoms with E-state index in [1.165, 1.54) is 4.90 Å². The van der Waals surface area contributed by atoms with E-state index in [-0.39, 0.29) is 36.3 Å². The van der Waals surface area contributed by atoms with Gasteiger partial charge in [-0.15, -0.1) is 0 Å². The van der Waals surface area contributed by atoms with E-state index in [1.54, 1.807) is 24.3 Å². The maximum atomic E-state index is 14.0. The number of imide groups is 1. The van der Waals surface area contributed by atoms with Crippen LogP contribution in [0.2, 0.25) is 5.02 Å². The number of hydrogen-bond donors (Lipinski definition) is 0. The molecule has 3 fully saturated rings. The Hall–Kier alpha value is -2.96. The Morgan fingerprint density at radius 2 is 1.79 bits per heavy atom. The van der Waals surface area contributed by atoms with Crippen molar-refractivity contribution in [2.24, 2.45) is 11.8 Å². The molecule has 34 heavy (non-hydrogen) atoms. The minimum absolute atomic E-state index is 0.134.